The van der Waals surface area contributed by atoms with Gasteiger partial charge in [-0.25, -0.2) is 4.99 Å². The van der Waals surface area contributed by atoms with Crippen molar-refractivity contribution in [1.82, 2.24) is 15.5 Å². The first kappa shape index (κ1) is 24.2. The highest BCUT2D eigenvalue weighted by molar-refractivity contribution is 7.14. The van der Waals surface area contributed by atoms with E-state index in [1.165, 1.54) is 19.1 Å². The molecule has 1 atom stereocenters. The molecule has 34 heavy (non-hydrogen) atoms. The maximum absolute atomic E-state index is 11.4. The van der Waals surface area contributed by atoms with Crippen LogP contribution in [-0.4, -0.2) is 49.6 Å². The predicted octanol–water partition coefficient (Wildman–Crippen LogP) is 4.50. The molecule has 2 bridgehead atoms. The Morgan fingerprint density at radius 1 is 1.29 bits per heavy atom. The summed E-state index contributed by atoms with van der Waals surface area (Å²) < 4.78 is 5.22. The van der Waals surface area contributed by atoms with Crippen LogP contribution in [0.25, 0.3) is 5.57 Å². The fourth-order valence-electron chi connectivity index (χ4n) is 4.80. The van der Waals surface area contributed by atoms with Gasteiger partial charge in [0, 0.05) is 33.8 Å². The molecule has 0 spiro atoms. The van der Waals surface area contributed by atoms with Gasteiger partial charge < -0.3 is 20.8 Å². The van der Waals surface area contributed by atoms with Gasteiger partial charge in [0.15, 0.2) is 0 Å². The molecule has 1 aromatic heterocycles. The number of nitrogens with zero attached hydrogens (tertiary/aromatic N) is 2. The minimum Gasteiger partial charge on any atom is -0.497 e. The van der Waals surface area contributed by atoms with Gasteiger partial charge in [0.05, 0.1) is 18.8 Å². The van der Waals surface area contributed by atoms with E-state index >= 15 is 0 Å². The van der Waals surface area contributed by atoms with Crippen LogP contribution in [0.5, 0.6) is 5.75 Å². The molecule has 3 fully saturated rings. The first-order valence-corrected chi connectivity index (χ1v) is 12.6. The van der Waals surface area contributed by atoms with Gasteiger partial charge in [-0.1, -0.05) is 12.1 Å². The number of thiophene rings is 1. The van der Waals surface area contributed by atoms with Crippen molar-refractivity contribution < 1.29 is 9.53 Å². The van der Waals surface area contributed by atoms with Crippen molar-refractivity contribution in [1.29, 1.82) is 5.41 Å². The number of hydrogen-bond donors (Lipinski definition) is 3. The van der Waals surface area contributed by atoms with Crippen molar-refractivity contribution in [2.75, 3.05) is 20.2 Å². The number of carbonyl (C=O) groups excluding carboxylic acids is 1. The van der Waals surface area contributed by atoms with Gasteiger partial charge in [-0.15, -0.1) is 11.3 Å². The van der Waals surface area contributed by atoms with E-state index in [1.54, 1.807) is 18.4 Å². The van der Waals surface area contributed by atoms with Crippen LogP contribution in [-0.2, 0) is 11.3 Å². The second-order valence-corrected chi connectivity index (χ2v) is 10.2. The minimum atomic E-state index is 0.172. The molecule has 3 aliphatic heterocycles. The van der Waals surface area contributed by atoms with Gasteiger partial charge >= 0.3 is 0 Å². The second-order valence-electron chi connectivity index (χ2n) is 8.93. The SMILES string of the molecule is COc1ccc(CN/C(C)=C(\C=N)c2cc(/N=C(\NC=O)C3CC4CCN3CC4)c(C)s2)cc1. The highest BCUT2D eigenvalue weighted by Gasteiger charge is 2.36. The van der Waals surface area contributed by atoms with Crippen molar-refractivity contribution in [2.24, 2.45) is 10.9 Å². The lowest BCUT2D eigenvalue weighted by Gasteiger charge is -2.45. The molecular formula is C26H33N5O2S. The number of carbonyl (C=O) groups is 1. The van der Waals surface area contributed by atoms with E-state index in [-0.39, 0.29) is 6.04 Å². The number of methoxy groups -OCH3 is 1. The Bertz CT molecular complexity index is 1080. The number of amidine groups is 1. The number of aliphatic imine (C=N–C) groups is 1. The summed E-state index contributed by atoms with van der Waals surface area (Å²) in [5, 5.41) is 14.4. The lowest BCUT2D eigenvalue weighted by atomic mass is 9.83. The fourth-order valence-corrected chi connectivity index (χ4v) is 5.83. The number of nitrogens with one attached hydrogen (secondary N) is 3. The third kappa shape index (κ3) is 5.39. The molecule has 4 heterocycles. The van der Waals surface area contributed by atoms with Crippen LogP contribution < -0.4 is 15.4 Å². The zero-order valence-electron chi connectivity index (χ0n) is 20.1. The van der Waals surface area contributed by atoms with Crippen LogP contribution in [0, 0.1) is 18.3 Å². The summed E-state index contributed by atoms with van der Waals surface area (Å²) in [6.07, 6.45) is 5.66. The van der Waals surface area contributed by atoms with E-state index in [0.717, 1.165) is 75.7 Å². The summed E-state index contributed by atoms with van der Waals surface area (Å²) >= 11 is 1.62. The first-order valence-electron chi connectivity index (χ1n) is 11.7. The highest BCUT2D eigenvalue weighted by atomic mass is 32.1. The van der Waals surface area contributed by atoms with Crippen molar-refractivity contribution in [3.8, 4) is 5.75 Å². The third-order valence-electron chi connectivity index (χ3n) is 6.83. The Balaban J connectivity index is 1.54. The number of benzene rings is 1. The number of fused-ring (bicyclic) bond motifs is 3. The van der Waals surface area contributed by atoms with E-state index in [9.17, 15) is 4.79 Å². The molecule has 1 unspecified atom stereocenters. The molecule has 3 saturated heterocycles. The van der Waals surface area contributed by atoms with Crippen molar-refractivity contribution in [3.63, 3.8) is 0 Å². The Labute approximate surface area is 205 Å². The monoisotopic (exact) mass is 479 g/mol. The highest BCUT2D eigenvalue weighted by Crippen LogP contribution is 2.36. The molecule has 3 N–H and O–H groups in total. The van der Waals surface area contributed by atoms with Gasteiger partial charge in [0.1, 0.15) is 11.6 Å². The number of amides is 1. The number of aryl methyl sites for hydroxylation is 1. The number of hydrogen-bond acceptors (Lipinski definition) is 7. The van der Waals surface area contributed by atoms with Crippen LogP contribution in [0.4, 0.5) is 5.69 Å². The van der Waals surface area contributed by atoms with Crippen LogP contribution in [0.15, 0.2) is 41.0 Å². The summed E-state index contributed by atoms with van der Waals surface area (Å²) in [5.41, 5.74) is 3.77. The topological polar surface area (TPSA) is 89.8 Å². The van der Waals surface area contributed by atoms with Gasteiger partial charge in [-0.2, -0.15) is 0 Å². The zero-order valence-corrected chi connectivity index (χ0v) is 20.9. The Morgan fingerprint density at radius 3 is 2.62 bits per heavy atom. The normalized spacial score (nSPS) is 22.7. The van der Waals surface area contributed by atoms with Crippen molar-refractivity contribution in [3.05, 3.63) is 51.3 Å². The van der Waals surface area contributed by atoms with Crippen LogP contribution in [0.1, 0.15) is 41.5 Å². The number of allylic oxidation sites excluding steroid dienone is 2. The number of rotatable bonds is 9. The molecule has 0 aliphatic carbocycles. The maximum Gasteiger partial charge on any atom is 0.212 e. The van der Waals surface area contributed by atoms with Crippen molar-refractivity contribution in [2.45, 2.75) is 45.7 Å². The molecule has 3 aliphatic rings. The van der Waals surface area contributed by atoms with E-state index in [0.29, 0.717) is 6.54 Å². The minimum absolute atomic E-state index is 0.172. The second kappa shape index (κ2) is 11.0. The average molecular weight is 480 g/mol. The molecule has 2 aromatic rings. The fraction of sp³-hybridized carbons (Fsp3) is 0.423. The molecule has 0 saturated carbocycles. The third-order valence-corrected chi connectivity index (χ3v) is 7.90. The predicted molar refractivity (Wildman–Crippen MR) is 139 cm³/mol. The Hall–Kier alpha value is -2.97. The maximum atomic E-state index is 11.4. The summed E-state index contributed by atoms with van der Waals surface area (Å²) in [6, 6.07) is 10.1. The molecule has 1 amide bonds. The number of piperidine rings is 3. The first-order chi connectivity index (χ1) is 16.5. The summed E-state index contributed by atoms with van der Waals surface area (Å²) in [6.45, 7) is 6.84. The van der Waals surface area contributed by atoms with Gasteiger partial charge in [-0.3, -0.25) is 9.69 Å². The number of ether oxygens (including phenoxy) is 1. The smallest absolute Gasteiger partial charge is 0.212 e. The molecule has 180 valence electrons. The zero-order chi connectivity index (χ0) is 24.1. The van der Waals surface area contributed by atoms with E-state index in [1.807, 2.05) is 44.2 Å². The van der Waals surface area contributed by atoms with Crippen LogP contribution >= 0.6 is 11.3 Å². The average Bonchev–Trinajstić information content (AvgIpc) is 3.23. The molecular weight excluding hydrogens is 446 g/mol. The molecule has 7 nitrogen and oxygen atoms in total. The standard InChI is InChI=1S/C26H33N5O2S/c1-17(28-15-20-4-6-21(33-3)7-5-20)22(14-27)25-13-23(18(2)34-25)30-26(29-16-32)24-12-19-8-10-31(24)11-9-19/h4-7,13-14,16,19,24,27-28H,8-12,15H2,1-3H3,(H,29,30,32)/b22-17+,27-14?. The lowest BCUT2D eigenvalue weighted by molar-refractivity contribution is -0.108. The van der Waals surface area contributed by atoms with Crippen molar-refractivity contribution >= 4 is 41.1 Å². The largest absolute Gasteiger partial charge is 0.497 e. The Morgan fingerprint density at radius 2 is 2.03 bits per heavy atom. The molecule has 0 radical (unpaired) electrons. The quantitative estimate of drug-likeness (QED) is 0.281. The Kier molecular flexibility index (Phi) is 7.80. The van der Waals surface area contributed by atoms with E-state index in [4.69, 9.17) is 15.1 Å². The summed E-state index contributed by atoms with van der Waals surface area (Å²) in [5.74, 6) is 2.29. The van der Waals surface area contributed by atoms with Crippen LogP contribution in [0.3, 0.4) is 0 Å². The van der Waals surface area contributed by atoms with Gasteiger partial charge in [-0.05, 0) is 75.9 Å². The van der Waals surface area contributed by atoms with E-state index in [2.05, 4.69) is 15.5 Å². The van der Waals surface area contributed by atoms with Crippen LogP contribution in [0.2, 0.25) is 0 Å². The van der Waals surface area contributed by atoms with E-state index < -0.39 is 0 Å². The van der Waals surface area contributed by atoms with Gasteiger partial charge in [0.25, 0.3) is 0 Å². The molecule has 5 rings (SSSR count). The summed E-state index contributed by atoms with van der Waals surface area (Å²) in [4.78, 5) is 20.8. The summed E-state index contributed by atoms with van der Waals surface area (Å²) in [7, 11) is 1.66. The molecule has 8 heteroatoms. The van der Waals surface area contributed by atoms with Gasteiger partial charge in [0.2, 0.25) is 6.41 Å². The molecule has 1 aromatic carbocycles. The lowest BCUT2D eigenvalue weighted by Crippen LogP contribution is -2.55.